The van der Waals surface area contributed by atoms with E-state index in [1.807, 2.05) is 0 Å². The second-order valence-electron chi connectivity index (χ2n) is 2.65. The molecule has 0 bridgehead atoms. The van der Waals surface area contributed by atoms with Gasteiger partial charge in [0.1, 0.15) is 0 Å². The molecule has 1 heterocycles. The third-order valence-electron chi connectivity index (χ3n) is 1.79. The maximum Gasteiger partial charge on any atom is 0.284 e. The van der Waals surface area contributed by atoms with E-state index in [0.717, 1.165) is 6.07 Å². The molecule has 0 spiro atoms. The summed E-state index contributed by atoms with van der Waals surface area (Å²) in [5.74, 6) is -0.819. The average Bonchev–Trinajstić information content (AvgIpc) is 2.09. The van der Waals surface area contributed by atoms with Crippen molar-refractivity contribution in [3.63, 3.8) is 0 Å². The Morgan fingerprint density at radius 3 is 2.92 bits per heavy atom. The van der Waals surface area contributed by atoms with Gasteiger partial charge in [-0.25, -0.2) is 4.39 Å². The molecule has 66 valence electrons. The first kappa shape index (κ1) is 8.26. The lowest BCUT2D eigenvalue weighted by atomic mass is 10.2. The molecule has 2 nitrogen and oxygen atoms in total. The number of hydrogen-bond acceptors (Lipinski definition) is 1. The molecular weight excluding hydrogens is 193 g/mol. The Bertz CT molecular complexity index is 520. The quantitative estimate of drug-likeness (QED) is 0.691. The van der Waals surface area contributed by atoms with Crippen LogP contribution in [0.15, 0.2) is 29.1 Å². The fraction of sp³-hybridized carbons (Fsp3) is 0. The molecule has 0 unspecified atom stereocenters. The van der Waals surface area contributed by atoms with Crippen molar-refractivity contribution in [3.8, 4) is 0 Å². The first-order valence-electron chi connectivity index (χ1n) is 3.65. The smallest absolute Gasteiger partial charge is 0.284 e. The van der Waals surface area contributed by atoms with Gasteiger partial charge < -0.3 is 4.98 Å². The SMILES string of the molecule is O=c1[nH]c2cccc(Cl)c2cc1F. The molecule has 0 saturated heterocycles. The van der Waals surface area contributed by atoms with Crippen molar-refractivity contribution in [1.29, 1.82) is 0 Å². The minimum absolute atomic E-state index is 0.424. The Balaban J connectivity index is 2.97. The Morgan fingerprint density at radius 2 is 2.15 bits per heavy atom. The number of benzene rings is 1. The Hall–Kier alpha value is -1.35. The van der Waals surface area contributed by atoms with Crippen molar-refractivity contribution in [2.75, 3.05) is 0 Å². The fourth-order valence-corrected chi connectivity index (χ4v) is 1.40. The van der Waals surface area contributed by atoms with Gasteiger partial charge in [0, 0.05) is 15.9 Å². The summed E-state index contributed by atoms with van der Waals surface area (Å²) in [4.78, 5) is 13.3. The number of aromatic amines is 1. The topological polar surface area (TPSA) is 32.9 Å². The van der Waals surface area contributed by atoms with Gasteiger partial charge in [0.2, 0.25) is 0 Å². The number of nitrogens with one attached hydrogen (secondary N) is 1. The van der Waals surface area contributed by atoms with Gasteiger partial charge in [0.25, 0.3) is 5.56 Å². The van der Waals surface area contributed by atoms with Crippen molar-refractivity contribution >= 4 is 22.5 Å². The number of rotatable bonds is 0. The van der Waals surface area contributed by atoms with Gasteiger partial charge in [-0.05, 0) is 18.2 Å². The zero-order valence-electron chi connectivity index (χ0n) is 6.47. The van der Waals surface area contributed by atoms with Gasteiger partial charge in [-0.15, -0.1) is 0 Å². The lowest BCUT2D eigenvalue weighted by Gasteiger charge is -1.98. The summed E-state index contributed by atoms with van der Waals surface area (Å²) in [5.41, 5.74) is -0.186. The van der Waals surface area contributed by atoms with Crippen molar-refractivity contribution < 1.29 is 4.39 Å². The van der Waals surface area contributed by atoms with Crippen LogP contribution in [0.4, 0.5) is 4.39 Å². The molecular formula is C9H5ClFNO. The van der Waals surface area contributed by atoms with Gasteiger partial charge >= 0.3 is 0 Å². The number of pyridine rings is 1. The van der Waals surface area contributed by atoms with Crippen molar-refractivity contribution in [1.82, 2.24) is 4.98 Å². The monoisotopic (exact) mass is 197 g/mol. The summed E-state index contributed by atoms with van der Waals surface area (Å²) in [6, 6.07) is 6.14. The molecule has 2 rings (SSSR count). The van der Waals surface area contributed by atoms with Crippen LogP contribution in [0.3, 0.4) is 0 Å². The van der Waals surface area contributed by atoms with Crippen LogP contribution in [0.25, 0.3) is 10.9 Å². The molecule has 4 heteroatoms. The highest BCUT2D eigenvalue weighted by atomic mass is 35.5. The molecule has 1 aromatic carbocycles. The number of H-pyrrole nitrogens is 1. The van der Waals surface area contributed by atoms with Gasteiger partial charge in [0.15, 0.2) is 5.82 Å². The van der Waals surface area contributed by atoms with E-state index in [0.29, 0.717) is 15.9 Å². The maximum atomic E-state index is 12.8. The second-order valence-corrected chi connectivity index (χ2v) is 3.05. The third-order valence-corrected chi connectivity index (χ3v) is 2.12. The highest BCUT2D eigenvalue weighted by molar-refractivity contribution is 6.35. The van der Waals surface area contributed by atoms with Gasteiger partial charge in [-0.2, -0.15) is 0 Å². The van der Waals surface area contributed by atoms with E-state index in [-0.39, 0.29) is 0 Å². The summed E-state index contributed by atoms with van der Waals surface area (Å²) in [6.07, 6.45) is 0. The maximum absolute atomic E-state index is 12.8. The molecule has 0 radical (unpaired) electrons. The van der Waals surface area contributed by atoms with Crippen LogP contribution in [0.5, 0.6) is 0 Å². The van der Waals surface area contributed by atoms with E-state index in [1.54, 1.807) is 18.2 Å². The lowest BCUT2D eigenvalue weighted by Crippen LogP contribution is -2.09. The van der Waals surface area contributed by atoms with Crippen LogP contribution in [-0.2, 0) is 0 Å². The van der Waals surface area contributed by atoms with Gasteiger partial charge in [-0.1, -0.05) is 17.7 Å². The van der Waals surface area contributed by atoms with Gasteiger partial charge in [0.05, 0.1) is 0 Å². The first-order chi connectivity index (χ1) is 6.18. The molecule has 13 heavy (non-hydrogen) atoms. The molecule has 0 aliphatic rings. The summed E-state index contributed by atoms with van der Waals surface area (Å²) in [7, 11) is 0. The minimum atomic E-state index is -0.819. The highest BCUT2D eigenvalue weighted by Gasteiger charge is 2.03. The summed E-state index contributed by atoms with van der Waals surface area (Å²) < 4.78 is 12.8. The summed E-state index contributed by atoms with van der Waals surface area (Å²) in [5, 5.41) is 0.939. The lowest BCUT2D eigenvalue weighted by molar-refractivity contribution is 0.612. The normalized spacial score (nSPS) is 10.6. The number of fused-ring (bicyclic) bond motifs is 1. The van der Waals surface area contributed by atoms with Crippen LogP contribution >= 0.6 is 11.6 Å². The molecule has 0 fully saturated rings. The zero-order chi connectivity index (χ0) is 9.42. The largest absolute Gasteiger partial charge is 0.319 e. The predicted molar refractivity (Wildman–Crippen MR) is 49.5 cm³/mol. The molecule has 0 saturated carbocycles. The Morgan fingerprint density at radius 1 is 1.38 bits per heavy atom. The Labute approximate surface area is 78.0 Å². The zero-order valence-corrected chi connectivity index (χ0v) is 7.23. The van der Waals surface area contributed by atoms with Crippen LogP contribution in [0, 0.1) is 5.82 Å². The number of aromatic nitrogens is 1. The van der Waals surface area contributed by atoms with Crippen molar-refractivity contribution in [3.05, 3.63) is 45.5 Å². The number of halogens is 2. The minimum Gasteiger partial charge on any atom is -0.319 e. The van der Waals surface area contributed by atoms with E-state index in [1.165, 1.54) is 0 Å². The van der Waals surface area contributed by atoms with Crippen LogP contribution in [0.1, 0.15) is 0 Å². The highest BCUT2D eigenvalue weighted by Crippen LogP contribution is 2.20. The summed E-state index contributed by atoms with van der Waals surface area (Å²) >= 11 is 5.79. The summed E-state index contributed by atoms with van der Waals surface area (Å²) in [6.45, 7) is 0. The Kier molecular flexibility index (Phi) is 1.81. The van der Waals surface area contributed by atoms with Gasteiger partial charge in [-0.3, -0.25) is 4.79 Å². The molecule has 0 atom stereocenters. The molecule has 0 aliphatic carbocycles. The molecule has 2 aromatic rings. The first-order valence-corrected chi connectivity index (χ1v) is 4.03. The van der Waals surface area contributed by atoms with Crippen LogP contribution in [-0.4, -0.2) is 4.98 Å². The predicted octanol–water partition coefficient (Wildman–Crippen LogP) is 2.32. The van der Waals surface area contributed by atoms with Crippen LogP contribution < -0.4 is 5.56 Å². The molecule has 0 amide bonds. The van der Waals surface area contributed by atoms with E-state index in [9.17, 15) is 9.18 Å². The standard InChI is InChI=1S/C9H5ClFNO/c10-6-2-1-3-8-5(6)4-7(11)9(13)12-8/h1-4H,(H,12,13). The molecule has 1 aromatic heterocycles. The fourth-order valence-electron chi connectivity index (χ4n) is 1.17. The average molecular weight is 198 g/mol. The van der Waals surface area contributed by atoms with E-state index >= 15 is 0 Å². The second kappa shape index (κ2) is 2.85. The van der Waals surface area contributed by atoms with E-state index in [4.69, 9.17) is 11.6 Å². The van der Waals surface area contributed by atoms with E-state index < -0.39 is 11.4 Å². The van der Waals surface area contributed by atoms with Crippen LogP contribution in [0.2, 0.25) is 5.02 Å². The molecule has 1 N–H and O–H groups in total. The third kappa shape index (κ3) is 1.31. The van der Waals surface area contributed by atoms with Crippen molar-refractivity contribution in [2.45, 2.75) is 0 Å². The number of hydrogen-bond donors (Lipinski definition) is 1. The van der Waals surface area contributed by atoms with Crippen molar-refractivity contribution in [2.24, 2.45) is 0 Å². The van der Waals surface area contributed by atoms with E-state index in [2.05, 4.69) is 4.98 Å². The molecule has 0 aliphatic heterocycles.